The van der Waals surface area contributed by atoms with Gasteiger partial charge in [0.2, 0.25) is 5.91 Å². The van der Waals surface area contributed by atoms with Crippen LogP contribution in [0.15, 0.2) is 60.1 Å². The van der Waals surface area contributed by atoms with Gasteiger partial charge in [0.1, 0.15) is 6.04 Å². The van der Waals surface area contributed by atoms with Crippen LogP contribution in [0.2, 0.25) is 0 Å². The maximum absolute atomic E-state index is 13.0. The van der Waals surface area contributed by atoms with Crippen LogP contribution in [-0.4, -0.2) is 26.6 Å². The van der Waals surface area contributed by atoms with Gasteiger partial charge in [0, 0.05) is 10.6 Å². The van der Waals surface area contributed by atoms with Crippen LogP contribution in [0.4, 0.5) is 0 Å². The van der Waals surface area contributed by atoms with E-state index < -0.39 is 17.9 Å². The smallest absolute Gasteiger partial charge is 0.253 e. The Morgan fingerprint density at radius 3 is 2.69 bits per heavy atom. The van der Waals surface area contributed by atoms with Gasteiger partial charge in [-0.05, 0) is 30.0 Å². The molecule has 0 bridgehead atoms. The van der Waals surface area contributed by atoms with Crippen LogP contribution in [0.1, 0.15) is 32.5 Å². The summed E-state index contributed by atoms with van der Waals surface area (Å²) in [6.07, 6.45) is 1.63. The number of carbonyl (C=O) groups is 2. The van der Waals surface area contributed by atoms with Gasteiger partial charge >= 0.3 is 0 Å². The average Bonchev–Trinajstić information content (AvgIpc) is 3.36. The first-order valence-electron chi connectivity index (χ1n) is 9.03. The Labute approximate surface area is 171 Å². The fourth-order valence-electron chi connectivity index (χ4n) is 3.20. The summed E-state index contributed by atoms with van der Waals surface area (Å²) in [4.78, 5) is 30.7. The summed E-state index contributed by atoms with van der Waals surface area (Å²) in [5.41, 5.74) is 7.88. The zero-order valence-electron chi connectivity index (χ0n) is 15.7. The van der Waals surface area contributed by atoms with Crippen molar-refractivity contribution >= 4 is 34.2 Å². The average molecular weight is 405 g/mol. The molecule has 3 heterocycles. The van der Waals surface area contributed by atoms with Crippen LogP contribution < -0.4 is 11.1 Å². The largest absolute Gasteiger partial charge is 0.368 e. The van der Waals surface area contributed by atoms with Crippen molar-refractivity contribution in [3.63, 3.8) is 0 Å². The molecule has 146 valence electrons. The van der Waals surface area contributed by atoms with Gasteiger partial charge in [-0.15, -0.1) is 11.3 Å². The van der Waals surface area contributed by atoms with E-state index in [0.29, 0.717) is 34.4 Å². The second-order valence-electron chi connectivity index (χ2n) is 6.65. The van der Waals surface area contributed by atoms with Crippen molar-refractivity contribution in [1.82, 2.24) is 20.1 Å². The molecule has 7 nitrogen and oxygen atoms in total. The Morgan fingerprint density at radius 1 is 1.21 bits per heavy atom. The Hall–Kier alpha value is -3.52. The third-order valence-corrected chi connectivity index (χ3v) is 5.42. The lowest BCUT2D eigenvalue weighted by atomic mass is 10.1. The van der Waals surface area contributed by atoms with Crippen LogP contribution in [0.25, 0.3) is 11.0 Å². The highest BCUT2D eigenvalue weighted by molar-refractivity contribution is 7.09. The minimum atomic E-state index is -0.923. The van der Waals surface area contributed by atoms with Crippen LogP contribution in [0, 0.1) is 6.92 Å². The lowest BCUT2D eigenvalue weighted by Crippen LogP contribution is -2.37. The number of pyridine rings is 1. The van der Waals surface area contributed by atoms with Crippen LogP contribution in [-0.2, 0) is 11.3 Å². The molecule has 29 heavy (non-hydrogen) atoms. The van der Waals surface area contributed by atoms with Crippen molar-refractivity contribution in [2.45, 2.75) is 19.5 Å². The number of hydrogen-bond donors (Lipinski definition) is 2. The Bertz CT molecular complexity index is 1170. The van der Waals surface area contributed by atoms with Gasteiger partial charge in [-0.25, -0.2) is 9.67 Å². The van der Waals surface area contributed by atoms with Crippen molar-refractivity contribution in [3.05, 3.63) is 81.8 Å². The van der Waals surface area contributed by atoms with Crippen LogP contribution in [0.3, 0.4) is 0 Å². The molecule has 8 heteroatoms. The van der Waals surface area contributed by atoms with Gasteiger partial charge in [0.05, 0.1) is 23.7 Å². The zero-order valence-corrected chi connectivity index (χ0v) is 16.5. The molecule has 1 atom stereocenters. The van der Waals surface area contributed by atoms with Crippen LogP contribution in [0.5, 0.6) is 0 Å². The fraction of sp³-hybridized carbons (Fsp3) is 0.143. The van der Waals surface area contributed by atoms with E-state index in [1.165, 1.54) is 0 Å². The zero-order chi connectivity index (χ0) is 20.4. The Morgan fingerprint density at radius 2 is 2.00 bits per heavy atom. The van der Waals surface area contributed by atoms with Gasteiger partial charge in [0.15, 0.2) is 5.65 Å². The summed E-state index contributed by atoms with van der Waals surface area (Å²) in [6.45, 7) is 2.40. The topological polar surface area (TPSA) is 103 Å². The van der Waals surface area contributed by atoms with Gasteiger partial charge in [-0.2, -0.15) is 5.10 Å². The molecule has 0 fully saturated rings. The van der Waals surface area contributed by atoms with E-state index in [-0.39, 0.29) is 0 Å². The molecule has 0 saturated carbocycles. The predicted octanol–water partition coefficient (Wildman–Crippen LogP) is 2.81. The fourth-order valence-corrected chi connectivity index (χ4v) is 3.89. The van der Waals surface area contributed by atoms with E-state index >= 15 is 0 Å². The minimum absolute atomic E-state index is 0.399. The number of rotatable bonds is 6. The van der Waals surface area contributed by atoms with Gasteiger partial charge in [-0.1, -0.05) is 36.4 Å². The van der Waals surface area contributed by atoms with Crippen molar-refractivity contribution in [2.75, 3.05) is 0 Å². The summed E-state index contributed by atoms with van der Waals surface area (Å²) in [5.74, 6) is -1.02. The van der Waals surface area contributed by atoms with Crippen molar-refractivity contribution in [3.8, 4) is 0 Å². The summed E-state index contributed by atoms with van der Waals surface area (Å²) < 4.78 is 1.77. The quantitative estimate of drug-likeness (QED) is 0.515. The number of nitrogens with zero attached hydrogens (tertiary/aromatic N) is 3. The molecular formula is C21H19N5O2S. The maximum atomic E-state index is 13.0. The number of carbonyl (C=O) groups excluding carboxylic acids is 2. The van der Waals surface area contributed by atoms with E-state index in [1.807, 2.05) is 30.5 Å². The SMILES string of the molecule is Cc1cc(C(=O)NC(C(N)=O)c2ccccc2)c2cnn(Cc3cccs3)c2n1. The first-order chi connectivity index (χ1) is 14.0. The summed E-state index contributed by atoms with van der Waals surface area (Å²) in [7, 11) is 0. The number of aryl methyl sites for hydroxylation is 1. The molecule has 3 aromatic heterocycles. The predicted molar refractivity (Wildman–Crippen MR) is 112 cm³/mol. The number of thiophene rings is 1. The molecular weight excluding hydrogens is 386 g/mol. The van der Waals surface area contributed by atoms with Crippen LogP contribution >= 0.6 is 11.3 Å². The number of amides is 2. The summed E-state index contributed by atoms with van der Waals surface area (Å²) in [5, 5.41) is 9.79. The second-order valence-corrected chi connectivity index (χ2v) is 7.68. The molecule has 3 N–H and O–H groups in total. The molecule has 1 aromatic carbocycles. The third-order valence-electron chi connectivity index (χ3n) is 4.56. The highest BCUT2D eigenvalue weighted by Crippen LogP contribution is 2.22. The number of fused-ring (bicyclic) bond motifs is 1. The molecule has 4 aromatic rings. The summed E-state index contributed by atoms with van der Waals surface area (Å²) in [6, 6.07) is 13.7. The van der Waals surface area contributed by atoms with Crippen molar-refractivity contribution in [2.24, 2.45) is 5.73 Å². The standard InChI is InChI=1S/C21H19N5O2S/c1-13-10-16(21(28)25-18(19(22)27)14-6-3-2-4-7-14)17-11-23-26(20(17)24-13)12-15-8-5-9-29-15/h2-11,18H,12H2,1H3,(H2,22,27)(H,25,28). The second kappa shape index (κ2) is 7.84. The lowest BCUT2D eigenvalue weighted by Gasteiger charge is -2.16. The van der Waals surface area contributed by atoms with E-state index in [0.717, 1.165) is 4.88 Å². The van der Waals surface area contributed by atoms with E-state index in [4.69, 9.17) is 5.73 Å². The van der Waals surface area contributed by atoms with E-state index in [2.05, 4.69) is 15.4 Å². The number of hydrogen-bond acceptors (Lipinski definition) is 5. The number of nitrogens with one attached hydrogen (secondary N) is 1. The van der Waals surface area contributed by atoms with Gasteiger partial charge in [0.25, 0.3) is 5.91 Å². The molecule has 0 aliphatic carbocycles. The van der Waals surface area contributed by atoms with Gasteiger partial charge < -0.3 is 11.1 Å². The Balaban J connectivity index is 1.68. The number of benzene rings is 1. The van der Waals surface area contributed by atoms with E-state index in [1.54, 1.807) is 52.5 Å². The molecule has 0 saturated heterocycles. The van der Waals surface area contributed by atoms with Gasteiger partial charge in [-0.3, -0.25) is 9.59 Å². The number of aromatic nitrogens is 3. The molecule has 0 spiro atoms. The molecule has 1 unspecified atom stereocenters. The minimum Gasteiger partial charge on any atom is -0.368 e. The highest BCUT2D eigenvalue weighted by atomic mass is 32.1. The highest BCUT2D eigenvalue weighted by Gasteiger charge is 2.23. The third kappa shape index (κ3) is 3.88. The number of primary amides is 1. The molecule has 2 amide bonds. The van der Waals surface area contributed by atoms with Crippen molar-refractivity contribution < 1.29 is 9.59 Å². The molecule has 4 rings (SSSR count). The first kappa shape index (κ1) is 18.8. The first-order valence-corrected chi connectivity index (χ1v) is 9.91. The van der Waals surface area contributed by atoms with Crippen molar-refractivity contribution in [1.29, 1.82) is 0 Å². The van der Waals surface area contributed by atoms with E-state index in [9.17, 15) is 9.59 Å². The summed E-state index contributed by atoms with van der Waals surface area (Å²) >= 11 is 1.63. The molecule has 0 aliphatic rings. The lowest BCUT2D eigenvalue weighted by molar-refractivity contribution is -0.120. The number of nitrogens with two attached hydrogens (primary N) is 1. The normalized spacial score (nSPS) is 12.0. The monoisotopic (exact) mass is 405 g/mol. The molecule has 0 radical (unpaired) electrons. The molecule has 0 aliphatic heterocycles. The Kier molecular flexibility index (Phi) is 5.09. The maximum Gasteiger partial charge on any atom is 0.253 e.